The Kier molecular flexibility index (Phi) is 4.38. The van der Waals surface area contributed by atoms with E-state index in [1.165, 1.54) is 0 Å². The number of benzene rings is 1. The minimum atomic E-state index is -0.183. The first-order valence-corrected chi connectivity index (χ1v) is 9.51. The first kappa shape index (κ1) is 17.9. The molecule has 142 valence electrons. The van der Waals surface area contributed by atoms with Gasteiger partial charge >= 0.3 is 0 Å². The molecule has 1 N–H and O–H groups in total. The van der Waals surface area contributed by atoms with Gasteiger partial charge in [-0.25, -0.2) is 9.50 Å². The third-order valence-electron chi connectivity index (χ3n) is 5.42. The van der Waals surface area contributed by atoms with Crippen LogP contribution in [-0.2, 0) is 16.0 Å². The second-order valence-corrected chi connectivity index (χ2v) is 8.06. The maximum absolute atomic E-state index is 12.7. The summed E-state index contributed by atoms with van der Waals surface area (Å²) in [6.07, 6.45) is 2.00. The number of aryl methyl sites for hydroxylation is 2. The molecule has 6 nitrogen and oxygen atoms in total. The fourth-order valence-electron chi connectivity index (χ4n) is 4.03. The molecule has 0 bridgehead atoms. The van der Waals surface area contributed by atoms with E-state index in [2.05, 4.69) is 24.3 Å². The van der Waals surface area contributed by atoms with Crippen LogP contribution >= 0.6 is 0 Å². The molecule has 1 saturated heterocycles. The zero-order valence-corrected chi connectivity index (χ0v) is 16.4. The highest BCUT2D eigenvalue weighted by atomic mass is 16.5. The second-order valence-electron chi connectivity index (χ2n) is 8.06. The number of carbonyl (C=O) groups is 1. The van der Waals surface area contributed by atoms with Crippen molar-refractivity contribution in [2.45, 2.75) is 58.6 Å². The number of rotatable bonds is 3. The molecule has 3 aromatic rings. The van der Waals surface area contributed by atoms with E-state index in [1.807, 2.05) is 42.6 Å². The highest BCUT2D eigenvalue weighted by Gasteiger charge is 2.29. The summed E-state index contributed by atoms with van der Waals surface area (Å²) in [4.78, 5) is 17.4. The van der Waals surface area contributed by atoms with Crippen molar-refractivity contribution in [3.05, 3.63) is 41.2 Å². The summed E-state index contributed by atoms with van der Waals surface area (Å²) in [7, 11) is 0. The molecule has 27 heavy (non-hydrogen) atoms. The Labute approximate surface area is 158 Å². The number of ether oxygens (including phenoxy) is 1. The third kappa shape index (κ3) is 3.41. The van der Waals surface area contributed by atoms with Crippen LogP contribution in [0.4, 0.5) is 0 Å². The van der Waals surface area contributed by atoms with Crippen molar-refractivity contribution in [3.8, 4) is 0 Å². The first-order valence-electron chi connectivity index (χ1n) is 9.51. The smallest absolute Gasteiger partial charge is 0.224 e. The zero-order valence-electron chi connectivity index (χ0n) is 16.4. The van der Waals surface area contributed by atoms with Crippen molar-refractivity contribution in [1.29, 1.82) is 0 Å². The van der Waals surface area contributed by atoms with Crippen LogP contribution in [0.2, 0.25) is 0 Å². The van der Waals surface area contributed by atoms with E-state index in [1.54, 1.807) is 0 Å². The van der Waals surface area contributed by atoms with Crippen molar-refractivity contribution in [1.82, 2.24) is 19.9 Å². The summed E-state index contributed by atoms with van der Waals surface area (Å²) in [6, 6.07) is 8.14. The topological polar surface area (TPSA) is 68.5 Å². The van der Waals surface area contributed by atoms with Gasteiger partial charge in [0.2, 0.25) is 5.91 Å². The average molecular weight is 366 g/mol. The van der Waals surface area contributed by atoms with Crippen LogP contribution in [0.1, 0.15) is 43.6 Å². The normalized spacial score (nSPS) is 19.5. The highest BCUT2D eigenvalue weighted by molar-refractivity contribution is 5.92. The zero-order chi connectivity index (χ0) is 19.2. The predicted octanol–water partition coefficient (Wildman–Crippen LogP) is 3.12. The van der Waals surface area contributed by atoms with Crippen molar-refractivity contribution < 1.29 is 9.53 Å². The van der Waals surface area contributed by atoms with Crippen LogP contribution in [0.5, 0.6) is 0 Å². The molecule has 0 saturated carbocycles. The molecule has 0 aliphatic carbocycles. The fourth-order valence-corrected chi connectivity index (χ4v) is 4.03. The number of hydrogen-bond donors (Lipinski definition) is 1. The largest absolute Gasteiger partial charge is 0.375 e. The van der Waals surface area contributed by atoms with Crippen LogP contribution in [0.3, 0.4) is 0 Å². The molecule has 0 spiro atoms. The Hall–Kier alpha value is -2.47. The van der Waals surface area contributed by atoms with Crippen LogP contribution in [0.15, 0.2) is 24.3 Å². The number of aromatic nitrogens is 3. The van der Waals surface area contributed by atoms with Gasteiger partial charge in [-0.3, -0.25) is 4.79 Å². The maximum atomic E-state index is 12.7. The van der Waals surface area contributed by atoms with Gasteiger partial charge in [-0.15, -0.1) is 0 Å². The lowest BCUT2D eigenvalue weighted by atomic mass is 9.93. The molecule has 2 aromatic heterocycles. The molecule has 3 heterocycles. The van der Waals surface area contributed by atoms with Crippen molar-refractivity contribution >= 4 is 22.5 Å². The molecular weight excluding hydrogens is 340 g/mol. The number of hydrogen-bond acceptors (Lipinski definition) is 4. The number of carbonyl (C=O) groups excluding carboxylic acids is 1. The number of nitrogens with one attached hydrogen (secondary N) is 1. The molecular formula is C21H26N4O2. The van der Waals surface area contributed by atoms with Gasteiger partial charge in [-0.2, -0.15) is 5.10 Å². The minimum Gasteiger partial charge on any atom is -0.375 e. The van der Waals surface area contributed by atoms with Crippen LogP contribution in [-0.4, -0.2) is 38.8 Å². The predicted molar refractivity (Wildman–Crippen MR) is 105 cm³/mol. The van der Waals surface area contributed by atoms with Gasteiger partial charge in [0.25, 0.3) is 0 Å². The summed E-state index contributed by atoms with van der Waals surface area (Å²) in [6.45, 7) is 8.80. The van der Waals surface area contributed by atoms with E-state index in [0.29, 0.717) is 13.0 Å². The molecule has 1 aromatic carbocycles. The van der Waals surface area contributed by atoms with Gasteiger partial charge in [0.05, 0.1) is 17.5 Å². The number of amides is 1. The van der Waals surface area contributed by atoms with E-state index >= 15 is 0 Å². The summed E-state index contributed by atoms with van der Waals surface area (Å²) >= 11 is 0. The first-order chi connectivity index (χ1) is 12.8. The van der Waals surface area contributed by atoms with Crippen molar-refractivity contribution in [3.63, 3.8) is 0 Å². The van der Waals surface area contributed by atoms with Crippen LogP contribution in [0, 0.1) is 13.8 Å². The molecule has 1 aliphatic heterocycles. The lowest BCUT2D eigenvalue weighted by Gasteiger charge is -2.35. The van der Waals surface area contributed by atoms with Gasteiger partial charge < -0.3 is 10.1 Å². The molecule has 0 radical (unpaired) electrons. The van der Waals surface area contributed by atoms with E-state index in [0.717, 1.165) is 46.3 Å². The SMILES string of the molecule is Cc1nc2c3ccccc3nn2c(C)c1CC(=O)N[C@@H]1CCOC(C)(C)C1. The molecule has 1 aliphatic rings. The third-order valence-corrected chi connectivity index (χ3v) is 5.42. The lowest BCUT2D eigenvalue weighted by Crippen LogP contribution is -2.46. The number of nitrogens with zero attached hydrogens (tertiary/aromatic N) is 3. The molecule has 4 rings (SSSR count). The Morgan fingerprint density at radius 3 is 2.89 bits per heavy atom. The van der Waals surface area contributed by atoms with Gasteiger partial charge in [-0.05, 0) is 52.7 Å². The Morgan fingerprint density at radius 2 is 2.11 bits per heavy atom. The Bertz CT molecular complexity index is 1020. The van der Waals surface area contributed by atoms with Crippen molar-refractivity contribution in [2.24, 2.45) is 0 Å². The van der Waals surface area contributed by atoms with Crippen LogP contribution < -0.4 is 5.32 Å². The summed E-state index contributed by atoms with van der Waals surface area (Å²) in [5.74, 6) is 0.0294. The van der Waals surface area contributed by atoms with Gasteiger partial charge in [0.15, 0.2) is 5.65 Å². The molecule has 6 heteroatoms. The Balaban J connectivity index is 1.60. The maximum Gasteiger partial charge on any atom is 0.224 e. The number of fused-ring (bicyclic) bond motifs is 3. The fraction of sp³-hybridized carbons (Fsp3) is 0.476. The minimum absolute atomic E-state index is 0.0294. The monoisotopic (exact) mass is 366 g/mol. The van der Waals surface area contributed by atoms with E-state index in [-0.39, 0.29) is 17.6 Å². The van der Waals surface area contributed by atoms with E-state index in [4.69, 9.17) is 9.72 Å². The van der Waals surface area contributed by atoms with Gasteiger partial charge in [0.1, 0.15) is 0 Å². The summed E-state index contributed by atoms with van der Waals surface area (Å²) < 4.78 is 7.60. The molecule has 1 atom stereocenters. The van der Waals surface area contributed by atoms with Gasteiger partial charge in [-0.1, -0.05) is 12.1 Å². The van der Waals surface area contributed by atoms with Crippen LogP contribution in [0.25, 0.3) is 16.6 Å². The summed E-state index contributed by atoms with van der Waals surface area (Å²) in [5, 5.41) is 8.87. The lowest BCUT2D eigenvalue weighted by molar-refractivity contribution is -0.123. The second kappa shape index (κ2) is 6.60. The average Bonchev–Trinajstić information content (AvgIpc) is 2.97. The van der Waals surface area contributed by atoms with E-state index in [9.17, 15) is 4.79 Å². The van der Waals surface area contributed by atoms with Gasteiger partial charge in [0, 0.05) is 35.0 Å². The van der Waals surface area contributed by atoms with Crippen molar-refractivity contribution in [2.75, 3.05) is 6.61 Å². The standard InChI is InChI=1S/C21H26N4O2/c1-13-17(11-19(26)23-15-9-10-27-21(3,4)12-15)14(2)25-20(22-13)16-7-5-6-8-18(16)24-25/h5-8,15H,9-12H2,1-4H3,(H,23,26)/t15-/m1/s1. The summed E-state index contributed by atoms with van der Waals surface area (Å²) in [5.41, 5.74) is 4.37. The Morgan fingerprint density at radius 1 is 1.33 bits per heavy atom. The molecule has 1 fully saturated rings. The van der Waals surface area contributed by atoms with E-state index < -0.39 is 0 Å². The molecule has 0 unspecified atom stereocenters. The molecule has 1 amide bonds. The quantitative estimate of drug-likeness (QED) is 0.773. The highest BCUT2D eigenvalue weighted by Crippen LogP contribution is 2.25.